The fraction of sp³-hybridized carbons (Fsp3) is 0.176. The minimum absolute atomic E-state index is 0.108. The average Bonchev–Trinajstić information content (AvgIpc) is 2.59. The molecule has 0 fully saturated rings. The van der Waals surface area contributed by atoms with Crippen LogP contribution in [0, 0.1) is 10.1 Å². The molecular weight excluding hydrogens is 344 g/mol. The van der Waals surface area contributed by atoms with Gasteiger partial charge in [-0.3, -0.25) is 10.1 Å². The van der Waals surface area contributed by atoms with Crippen LogP contribution in [0.2, 0.25) is 0 Å². The van der Waals surface area contributed by atoms with Crippen LogP contribution in [-0.4, -0.2) is 30.9 Å². The fourth-order valence-corrected chi connectivity index (χ4v) is 3.05. The van der Waals surface area contributed by atoms with E-state index in [1.807, 2.05) is 30.3 Å². The number of hydrogen-bond acceptors (Lipinski definition) is 5. The number of nitrogens with zero attached hydrogens (tertiary/aromatic N) is 2. The van der Waals surface area contributed by atoms with Gasteiger partial charge in [0, 0.05) is 25.1 Å². The smallest absolute Gasteiger partial charge is 0.273 e. The molecule has 0 saturated heterocycles. The highest BCUT2D eigenvalue weighted by molar-refractivity contribution is 7.88. The first-order valence-corrected chi connectivity index (χ1v) is 9.30. The molecule has 3 rings (SSSR count). The number of ether oxygens (including phenoxy) is 1. The second kappa shape index (κ2) is 6.21. The van der Waals surface area contributed by atoms with Crippen molar-refractivity contribution in [3.8, 4) is 5.75 Å². The van der Waals surface area contributed by atoms with Gasteiger partial charge in [-0.2, -0.15) is 0 Å². The summed E-state index contributed by atoms with van der Waals surface area (Å²) in [5, 5.41) is 11.0. The second-order valence-corrected chi connectivity index (χ2v) is 7.72. The molecule has 0 radical (unpaired) electrons. The van der Waals surface area contributed by atoms with Crippen molar-refractivity contribution in [1.29, 1.82) is 0 Å². The molecule has 2 aromatic rings. The Morgan fingerprint density at radius 3 is 2.44 bits per heavy atom. The summed E-state index contributed by atoms with van der Waals surface area (Å²) in [4.78, 5) is 10.5. The van der Waals surface area contributed by atoms with E-state index in [1.165, 1.54) is 19.2 Å². The number of fused-ring (bicyclic) bond motifs is 1. The van der Waals surface area contributed by atoms with Crippen LogP contribution in [0.15, 0.2) is 54.4 Å². The van der Waals surface area contributed by atoms with E-state index in [1.54, 1.807) is 6.07 Å². The van der Waals surface area contributed by atoms with Gasteiger partial charge in [-0.25, -0.2) is 12.7 Å². The SMILES string of the molecule is CN(C1=C(c2ccccc2)Cc2ccc([N+](=O)[O-])cc2O1)S(C)(=O)=O. The third-order valence-corrected chi connectivity index (χ3v) is 5.16. The zero-order valence-corrected chi connectivity index (χ0v) is 14.5. The van der Waals surface area contributed by atoms with Crippen LogP contribution in [0.3, 0.4) is 0 Å². The monoisotopic (exact) mass is 360 g/mol. The molecule has 130 valence electrons. The van der Waals surface area contributed by atoms with E-state index >= 15 is 0 Å². The van der Waals surface area contributed by atoms with Crippen LogP contribution in [-0.2, 0) is 16.4 Å². The summed E-state index contributed by atoms with van der Waals surface area (Å²) in [5.74, 6) is 0.445. The fourth-order valence-electron chi connectivity index (χ4n) is 2.60. The first kappa shape index (κ1) is 17.0. The minimum atomic E-state index is -3.56. The molecule has 1 heterocycles. The van der Waals surface area contributed by atoms with E-state index in [0.29, 0.717) is 17.7 Å². The van der Waals surface area contributed by atoms with Crippen LogP contribution in [0.5, 0.6) is 5.75 Å². The molecular formula is C17H16N2O5S. The zero-order valence-electron chi connectivity index (χ0n) is 13.7. The molecule has 0 unspecified atom stereocenters. The molecule has 0 spiro atoms. The van der Waals surface area contributed by atoms with E-state index in [0.717, 1.165) is 21.7 Å². The molecule has 0 N–H and O–H groups in total. The van der Waals surface area contributed by atoms with Crippen molar-refractivity contribution < 1.29 is 18.1 Å². The normalized spacial score (nSPS) is 13.8. The van der Waals surface area contributed by atoms with E-state index in [9.17, 15) is 18.5 Å². The lowest BCUT2D eigenvalue weighted by atomic mass is 9.96. The average molecular weight is 360 g/mol. The molecule has 0 bridgehead atoms. The number of sulfonamides is 1. The summed E-state index contributed by atoms with van der Waals surface area (Å²) >= 11 is 0. The predicted octanol–water partition coefficient (Wildman–Crippen LogP) is 2.79. The Hall–Kier alpha value is -2.87. The number of allylic oxidation sites excluding steroid dienone is 1. The largest absolute Gasteiger partial charge is 0.439 e. The van der Waals surface area contributed by atoms with Crippen molar-refractivity contribution in [2.45, 2.75) is 6.42 Å². The molecule has 0 aliphatic carbocycles. The van der Waals surface area contributed by atoms with Crippen molar-refractivity contribution in [2.24, 2.45) is 0 Å². The molecule has 0 saturated carbocycles. The zero-order chi connectivity index (χ0) is 18.2. The number of non-ortho nitro benzene ring substituents is 1. The lowest BCUT2D eigenvalue weighted by Crippen LogP contribution is -2.30. The lowest BCUT2D eigenvalue weighted by molar-refractivity contribution is -0.384. The summed E-state index contributed by atoms with van der Waals surface area (Å²) in [7, 11) is -2.16. The highest BCUT2D eigenvalue weighted by atomic mass is 32.2. The number of nitro benzene ring substituents is 1. The number of rotatable bonds is 4. The number of hydrogen-bond donors (Lipinski definition) is 0. The first-order valence-electron chi connectivity index (χ1n) is 7.45. The van der Waals surface area contributed by atoms with Crippen molar-refractivity contribution in [3.05, 3.63) is 75.7 Å². The standard InChI is InChI=1S/C17H16N2O5S/c1-18(25(2,22)23)17-15(12-6-4-3-5-7-12)10-13-8-9-14(19(20)21)11-16(13)24-17/h3-9,11H,10H2,1-2H3. The highest BCUT2D eigenvalue weighted by Crippen LogP contribution is 2.38. The molecule has 0 amide bonds. The van der Waals surface area contributed by atoms with Gasteiger partial charge in [-0.15, -0.1) is 0 Å². The van der Waals surface area contributed by atoms with Crippen LogP contribution in [0.25, 0.3) is 5.57 Å². The van der Waals surface area contributed by atoms with Crippen LogP contribution in [0.1, 0.15) is 11.1 Å². The molecule has 1 aliphatic heterocycles. The van der Waals surface area contributed by atoms with Crippen LogP contribution < -0.4 is 4.74 Å². The summed E-state index contributed by atoms with van der Waals surface area (Å²) < 4.78 is 30.8. The Morgan fingerprint density at radius 1 is 1.16 bits per heavy atom. The van der Waals surface area contributed by atoms with Gasteiger partial charge in [-0.1, -0.05) is 30.3 Å². The van der Waals surface area contributed by atoms with Gasteiger partial charge in [0.05, 0.1) is 17.2 Å². The topological polar surface area (TPSA) is 89.8 Å². The molecule has 25 heavy (non-hydrogen) atoms. The Labute approximate surface area is 145 Å². The van der Waals surface area contributed by atoms with Gasteiger partial charge in [0.15, 0.2) is 0 Å². The van der Waals surface area contributed by atoms with Crippen molar-refractivity contribution in [3.63, 3.8) is 0 Å². The summed E-state index contributed by atoms with van der Waals surface area (Å²) in [5.41, 5.74) is 2.19. The van der Waals surface area contributed by atoms with Crippen LogP contribution in [0.4, 0.5) is 5.69 Å². The highest BCUT2D eigenvalue weighted by Gasteiger charge is 2.28. The Balaban J connectivity index is 2.15. The lowest BCUT2D eigenvalue weighted by Gasteiger charge is -2.28. The van der Waals surface area contributed by atoms with Crippen molar-refractivity contribution >= 4 is 21.3 Å². The molecule has 7 nitrogen and oxygen atoms in total. The van der Waals surface area contributed by atoms with E-state index < -0.39 is 14.9 Å². The van der Waals surface area contributed by atoms with Gasteiger partial charge < -0.3 is 4.74 Å². The van der Waals surface area contributed by atoms with Crippen molar-refractivity contribution in [2.75, 3.05) is 13.3 Å². The Kier molecular flexibility index (Phi) is 4.22. The molecule has 0 aromatic heterocycles. The van der Waals surface area contributed by atoms with Gasteiger partial charge >= 0.3 is 0 Å². The van der Waals surface area contributed by atoms with Gasteiger partial charge in [0.2, 0.25) is 15.9 Å². The van der Waals surface area contributed by atoms with E-state index in [-0.39, 0.29) is 11.6 Å². The summed E-state index contributed by atoms with van der Waals surface area (Å²) in [6.45, 7) is 0. The summed E-state index contributed by atoms with van der Waals surface area (Å²) in [6.07, 6.45) is 1.49. The van der Waals surface area contributed by atoms with E-state index in [2.05, 4.69) is 0 Å². The summed E-state index contributed by atoms with van der Waals surface area (Å²) in [6, 6.07) is 13.7. The Morgan fingerprint density at radius 2 is 1.84 bits per heavy atom. The maximum atomic E-state index is 12.0. The second-order valence-electron chi connectivity index (χ2n) is 5.71. The quantitative estimate of drug-likeness (QED) is 0.618. The minimum Gasteiger partial charge on any atom is -0.439 e. The molecule has 0 atom stereocenters. The first-order chi connectivity index (χ1) is 11.8. The molecule has 1 aliphatic rings. The molecule has 2 aromatic carbocycles. The van der Waals surface area contributed by atoms with Gasteiger partial charge in [-0.05, 0) is 17.2 Å². The predicted molar refractivity (Wildman–Crippen MR) is 93.4 cm³/mol. The molecule has 8 heteroatoms. The van der Waals surface area contributed by atoms with E-state index in [4.69, 9.17) is 4.74 Å². The number of nitro groups is 1. The number of benzene rings is 2. The van der Waals surface area contributed by atoms with Crippen molar-refractivity contribution in [1.82, 2.24) is 4.31 Å². The van der Waals surface area contributed by atoms with Gasteiger partial charge in [0.1, 0.15) is 5.75 Å². The maximum absolute atomic E-state index is 12.0. The Bertz CT molecular complexity index is 968. The maximum Gasteiger partial charge on any atom is 0.273 e. The van der Waals surface area contributed by atoms with Crippen LogP contribution >= 0.6 is 0 Å². The third-order valence-electron chi connectivity index (χ3n) is 4.00. The van der Waals surface area contributed by atoms with Gasteiger partial charge in [0.25, 0.3) is 5.69 Å². The third kappa shape index (κ3) is 3.34.